The second kappa shape index (κ2) is 5.43. The largest absolute Gasteiger partial charge is 0.492 e. The Morgan fingerprint density at radius 3 is 3.10 bits per heavy atom. The van der Waals surface area contributed by atoms with Crippen molar-refractivity contribution in [3.05, 3.63) is 36.9 Å². The summed E-state index contributed by atoms with van der Waals surface area (Å²) in [5.41, 5.74) is 7.79. The zero-order chi connectivity index (χ0) is 13.8. The standard InChI is InChI=1S/C13H14N6O/c14-9-2-1-3-10(6-9)20-5-4-15-12-11-13(17-7-16-11)19-8-18-12/h1-3,6-8H,4-5,14H2,(H2,15,16,17,18,19). The summed E-state index contributed by atoms with van der Waals surface area (Å²) in [6, 6.07) is 7.34. The third kappa shape index (κ3) is 2.61. The van der Waals surface area contributed by atoms with Crippen molar-refractivity contribution in [1.82, 2.24) is 19.9 Å². The van der Waals surface area contributed by atoms with Crippen molar-refractivity contribution in [2.75, 3.05) is 24.2 Å². The first kappa shape index (κ1) is 12.2. The number of nitrogens with zero attached hydrogens (tertiary/aromatic N) is 3. The minimum absolute atomic E-state index is 0.503. The molecule has 0 fully saturated rings. The zero-order valence-corrected chi connectivity index (χ0v) is 10.7. The number of nitrogens with one attached hydrogen (secondary N) is 2. The monoisotopic (exact) mass is 270 g/mol. The molecule has 4 N–H and O–H groups in total. The predicted molar refractivity (Wildman–Crippen MR) is 76.5 cm³/mol. The number of ether oxygens (including phenoxy) is 1. The molecule has 0 bridgehead atoms. The second-order valence-corrected chi connectivity index (χ2v) is 4.17. The maximum Gasteiger partial charge on any atom is 0.182 e. The summed E-state index contributed by atoms with van der Waals surface area (Å²) in [6.07, 6.45) is 3.07. The highest BCUT2D eigenvalue weighted by atomic mass is 16.5. The van der Waals surface area contributed by atoms with E-state index in [1.54, 1.807) is 12.4 Å². The molecule has 0 aliphatic carbocycles. The lowest BCUT2D eigenvalue weighted by molar-refractivity contribution is 0.333. The minimum atomic E-state index is 0.503. The van der Waals surface area contributed by atoms with Crippen LogP contribution in [0.25, 0.3) is 11.2 Å². The maximum atomic E-state index is 5.68. The molecule has 0 atom stereocenters. The molecule has 0 spiro atoms. The Hall–Kier alpha value is -2.83. The number of anilines is 2. The van der Waals surface area contributed by atoms with E-state index in [2.05, 4.69) is 25.3 Å². The van der Waals surface area contributed by atoms with Gasteiger partial charge in [0.1, 0.15) is 24.2 Å². The molecule has 0 aliphatic rings. The molecule has 0 amide bonds. The van der Waals surface area contributed by atoms with Crippen LogP contribution in [0.5, 0.6) is 5.75 Å². The summed E-state index contributed by atoms with van der Waals surface area (Å²) >= 11 is 0. The van der Waals surface area contributed by atoms with Gasteiger partial charge < -0.3 is 20.8 Å². The number of hydrogen-bond acceptors (Lipinski definition) is 6. The van der Waals surface area contributed by atoms with Crippen molar-refractivity contribution >= 4 is 22.7 Å². The minimum Gasteiger partial charge on any atom is -0.492 e. The van der Waals surface area contributed by atoms with Crippen molar-refractivity contribution in [2.24, 2.45) is 0 Å². The molecule has 2 heterocycles. The van der Waals surface area contributed by atoms with Gasteiger partial charge in [0.05, 0.1) is 12.9 Å². The van der Waals surface area contributed by atoms with Crippen LogP contribution in [0.4, 0.5) is 11.5 Å². The number of H-pyrrole nitrogens is 1. The number of rotatable bonds is 5. The fourth-order valence-electron chi connectivity index (χ4n) is 1.84. The Labute approximate surface area is 115 Å². The van der Waals surface area contributed by atoms with Gasteiger partial charge in [0.25, 0.3) is 0 Å². The lowest BCUT2D eigenvalue weighted by atomic mass is 10.3. The third-order valence-corrected chi connectivity index (χ3v) is 2.74. The molecule has 0 aliphatic heterocycles. The van der Waals surface area contributed by atoms with E-state index in [0.29, 0.717) is 30.3 Å². The van der Waals surface area contributed by atoms with Crippen LogP contribution in [-0.4, -0.2) is 33.1 Å². The Bertz CT molecular complexity index is 711. The van der Waals surface area contributed by atoms with Crippen molar-refractivity contribution in [3.63, 3.8) is 0 Å². The van der Waals surface area contributed by atoms with Crippen LogP contribution in [0.1, 0.15) is 0 Å². The quantitative estimate of drug-likeness (QED) is 0.479. The molecule has 0 unspecified atom stereocenters. The van der Waals surface area contributed by atoms with Crippen molar-refractivity contribution in [3.8, 4) is 5.75 Å². The van der Waals surface area contributed by atoms with Crippen molar-refractivity contribution in [2.45, 2.75) is 0 Å². The van der Waals surface area contributed by atoms with Gasteiger partial charge in [-0.3, -0.25) is 0 Å². The lowest BCUT2D eigenvalue weighted by Crippen LogP contribution is -2.12. The first-order valence-corrected chi connectivity index (χ1v) is 6.19. The number of nitrogen functional groups attached to an aromatic ring is 1. The summed E-state index contributed by atoms with van der Waals surface area (Å²) in [6.45, 7) is 1.11. The van der Waals surface area contributed by atoms with Crippen LogP contribution in [0.3, 0.4) is 0 Å². The van der Waals surface area contributed by atoms with Crippen LogP contribution in [-0.2, 0) is 0 Å². The smallest absolute Gasteiger partial charge is 0.182 e. The molecular weight excluding hydrogens is 256 g/mol. The average molecular weight is 270 g/mol. The molecule has 2 aromatic heterocycles. The van der Waals surface area contributed by atoms with Crippen LogP contribution in [0, 0.1) is 0 Å². The fraction of sp³-hybridized carbons (Fsp3) is 0.154. The Morgan fingerprint density at radius 1 is 1.25 bits per heavy atom. The molecule has 3 aromatic rings. The predicted octanol–water partition coefficient (Wildman–Crippen LogP) is 1.43. The van der Waals surface area contributed by atoms with E-state index in [1.165, 1.54) is 6.33 Å². The number of aromatic nitrogens is 4. The lowest BCUT2D eigenvalue weighted by Gasteiger charge is -2.08. The third-order valence-electron chi connectivity index (χ3n) is 2.74. The van der Waals surface area contributed by atoms with E-state index < -0.39 is 0 Å². The average Bonchev–Trinajstić information content (AvgIpc) is 2.93. The molecule has 7 nitrogen and oxygen atoms in total. The topological polar surface area (TPSA) is 102 Å². The van der Waals surface area contributed by atoms with Gasteiger partial charge in [0.15, 0.2) is 11.5 Å². The molecule has 3 rings (SSSR count). The summed E-state index contributed by atoms with van der Waals surface area (Å²) in [5, 5.41) is 3.18. The SMILES string of the molecule is Nc1cccc(OCCNc2ncnc3nc[nH]c23)c1. The first-order chi connectivity index (χ1) is 9.83. The van der Waals surface area contributed by atoms with E-state index in [1.807, 2.05) is 18.2 Å². The van der Waals surface area contributed by atoms with Crippen LogP contribution in [0.2, 0.25) is 0 Å². The van der Waals surface area contributed by atoms with Gasteiger partial charge in [-0.2, -0.15) is 0 Å². The number of hydrogen-bond donors (Lipinski definition) is 3. The van der Waals surface area contributed by atoms with E-state index in [0.717, 1.165) is 11.3 Å². The van der Waals surface area contributed by atoms with E-state index >= 15 is 0 Å². The Morgan fingerprint density at radius 2 is 2.20 bits per heavy atom. The first-order valence-electron chi connectivity index (χ1n) is 6.19. The van der Waals surface area contributed by atoms with Gasteiger partial charge in [0, 0.05) is 11.8 Å². The molecule has 0 saturated carbocycles. The number of aromatic amines is 1. The highest BCUT2D eigenvalue weighted by molar-refractivity contribution is 5.81. The van der Waals surface area contributed by atoms with Crippen molar-refractivity contribution < 1.29 is 4.74 Å². The van der Waals surface area contributed by atoms with Gasteiger partial charge in [-0.15, -0.1) is 0 Å². The van der Waals surface area contributed by atoms with Crippen LogP contribution < -0.4 is 15.8 Å². The summed E-state index contributed by atoms with van der Waals surface area (Å²) in [4.78, 5) is 15.3. The van der Waals surface area contributed by atoms with E-state index in [9.17, 15) is 0 Å². The summed E-state index contributed by atoms with van der Waals surface area (Å²) in [7, 11) is 0. The fourth-order valence-corrected chi connectivity index (χ4v) is 1.84. The van der Waals surface area contributed by atoms with Crippen molar-refractivity contribution in [1.29, 1.82) is 0 Å². The molecule has 1 aromatic carbocycles. The molecular formula is C13H14N6O. The summed E-state index contributed by atoms with van der Waals surface area (Å²) < 4.78 is 5.59. The van der Waals surface area contributed by atoms with Crippen LogP contribution in [0.15, 0.2) is 36.9 Å². The highest BCUT2D eigenvalue weighted by Gasteiger charge is 2.04. The summed E-state index contributed by atoms with van der Waals surface area (Å²) in [5.74, 6) is 1.46. The molecule has 20 heavy (non-hydrogen) atoms. The van der Waals surface area contributed by atoms with E-state index in [4.69, 9.17) is 10.5 Å². The van der Waals surface area contributed by atoms with Gasteiger partial charge in [-0.25, -0.2) is 15.0 Å². The molecule has 0 saturated heterocycles. The zero-order valence-electron chi connectivity index (χ0n) is 10.7. The highest BCUT2D eigenvalue weighted by Crippen LogP contribution is 2.15. The Balaban J connectivity index is 1.56. The molecule has 102 valence electrons. The number of nitrogens with two attached hydrogens (primary N) is 1. The van der Waals surface area contributed by atoms with Gasteiger partial charge >= 0.3 is 0 Å². The normalized spacial score (nSPS) is 10.6. The molecule has 0 radical (unpaired) electrons. The Kier molecular flexibility index (Phi) is 3.32. The number of benzene rings is 1. The number of imidazole rings is 1. The van der Waals surface area contributed by atoms with Gasteiger partial charge in [-0.05, 0) is 12.1 Å². The molecule has 7 heteroatoms. The van der Waals surface area contributed by atoms with Gasteiger partial charge in [0.2, 0.25) is 0 Å². The maximum absolute atomic E-state index is 5.68. The second-order valence-electron chi connectivity index (χ2n) is 4.17. The van der Waals surface area contributed by atoms with Gasteiger partial charge in [-0.1, -0.05) is 6.07 Å². The van der Waals surface area contributed by atoms with Crippen LogP contribution >= 0.6 is 0 Å². The van der Waals surface area contributed by atoms with E-state index in [-0.39, 0.29) is 0 Å². The number of fused-ring (bicyclic) bond motifs is 1.